The van der Waals surface area contributed by atoms with E-state index >= 15 is 0 Å². The first-order chi connectivity index (χ1) is 9.88. The van der Waals surface area contributed by atoms with Gasteiger partial charge >= 0.3 is 5.95 Å². The SMILES string of the molecule is Cc1c(Cl)cccc1NC(=O)Cn1nc([N+](=O)[O-])nc1C. The Hall–Kier alpha value is -2.48. The molecular weight excluding hydrogens is 298 g/mol. The number of aryl methyl sites for hydroxylation is 1. The minimum Gasteiger partial charge on any atom is -0.390 e. The van der Waals surface area contributed by atoms with Crippen LogP contribution in [0.15, 0.2) is 18.2 Å². The van der Waals surface area contributed by atoms with Crippen LogP contribution in [0.2, 0.25) is 5.02 Å². The van der Waals surface area contributed by atoms with E-state index in [0.717, 1.165) is 5.56 Å². The summed E-state index contributed by atoms with van der Waals surface area (Å²) in [5.41, 5.74) is 1.33. The molecule has 0 radical (unpaired) electrons. The molecule has 0 spiro atoms. The summed E-state index contributed by atoms with van der Waals surface area (Å²) in [6.45, 7) is 3.15. The minimum atomic E-state index is -0.706. The Kier molecular flexibility index (Phi) is 4.18. The van der Waals surface area contributed by atoms with Crippen LogP contribution in [-0.2, 0) is 11.3 Å². The smallest absolute Gasteiger partial charge is 0.390 e. The number of hydrogen-bond donors (Lipinski definition) is 1. The van der Waals surface area contributed by atoms with E-state index in [9.17, 15) is 14.9 Å². The lowest BCUT2D eigenvalue weighted by atomic mass is 10.2. The number of nitrogens with one attached hydrogen (secondary N) is 1. The number of rotatable bonds is 4. The molecule has 2 rings (SSSR count). The van der Waals surface area contributed by atoms with Crippen LogP contribution in [0.3, 0.4) is 0 Å². The van der Waals surface area contributed by atoms with Crippen molar-refractivity contribution in [3.63, 3.8) is 0 Å². The molecule has 1 amide bonds. The predicted molar refractivity (Wildman–Crippen MR) is 76.2 cm³/mol. The number of hydrogen-bond acceptors (Lipinski definition) is 5. The fourth-order valence-electron chi connectivity index (χ4n) is 1.70. The van der Waals surface area contributed by atoms with Gasteiger partial charge in [0.25, 0.3) is 0 Å². The summed E-state index contributed by atoms with van der Waals surface area (Å²) < 4.78 is 1.17. The van der Waals surface area contributed by atoms with Crippen molar-refractivity contribution in [2.24, 2.45) is 0 Å². The van der Waals surface area contributed by atoms with Crippen LogP contribution in [0.4, 0.5) is 11.6 Å². The fraction of sp³-hybridized carbons (Fsp3) is 0.250. The molecule has 8 nitrogen and oxygen atoms in total. The van der Waals surface area contributed by atoms with E-state index in [1.54, 1.807) is 25.1 Å². The zero-order valence-corrected chi connectivity index (χ0v) is 12.1. The second-order valence-electron chi connectivity index (χ2n) is 4.33. The van der Waals surface area contributed by atoms with Crippen LogP contribution in [0.5, 0.6) is 0 Å². The molecule has 0 aliphatic carbocycles. The predicted octanol–water partition coefficient (Wildman–Crippen LogP) is 2.10. The second kappa shape index (κ2) is 5.88. The van der Waals surface area contributed by atoms with Crippen molar-refractivity contribution in [3.8, 4) is 0 Å². The molecule has 0 bridgehead atoms. The number of anilines is 1. The average molecular weight is 310 g/mol. The van der Waals surface area contributed by atoms with Crippen LogP contribution in [-0.4, -0.2) is 25.6 Å². The topological polar surface area (TPSA) is 103 Å². The number of aromatic nitrogens is 3. The number of halogens is 1. The fourth-order valence-corrected chi connectivity index (χ4v) is 1.88. The third kappa shape index (κ3) is 3.34. The summed E-state index contributed by atoms with van der Waals surface area (Å²) in [6.07, 6.45) is 0. The molecule has 0 aliphatic rings. The van der Waals surface area contributed by atoms with E-state index < -0.39 is 10.9 Å². The Bertz CT molecular complexity index is 713. The first kappa shape index (κ1) is 14.9. The highest BCUT2D eigenvalue weighted by atomic mass is 35.5. The second-order valence-corrected chi connectivity index (χ2v) is 4.74. The van der Waals surface area contributed by atoms with Crippen molar-refractivity contribution in [3.05, 3.63) is 44.7 Å². The molecule has 0 aliphatic heterocycles. The minimum absolute atomic E-state index is 0.168. The first-order valence-corrected chi connectivity index (χ1v) is 6.37. The number of carbonyl (C=O) groups is 1. The molecule has 9 heteroatoms. The van der Waals surface area contributed by atoms with Crippen LogP contribution in [0.25, 0.3) is 0 Å². The molecule has 2 aromatic rings. The number of nitro groups is 1. The third-order valence-corrected chi connectivity index (χ3v) is 3.25. The highest BCUT2D eigenvalue weighted by Crippen LogP contribution is 2.22. The normalized spacial score (nSPS) is 10.4. The molecular formula is C12H12ClN5O3. The maximum atomic E-state index is 12.0. The lowest BCUT2D eigenvalue weighted by Gasteiger charge is -2.08. The van der Waals surface area contributed by atoms with Crippen molar-refractivity contribution in [2.45, 2.75) is 20.4 Å². The van der Waals surface area contributed by atoms with Gasteiger partial charge in [-0.1, -0.05) is 17.7 Å². The summed E-state index contributed by atoms with van der Waals surface area (Å²) in [7, 11) is 0. The van der Waals surface area contributed by atoms with Crippen LogP contribution < -0.4 is 5.32 Å². The molecule has 1 aromatic heterocycles. The van der Waals surface area contributed by atoms with Crippen molar-refractivity contribution < 1.29 is 9.72 Å². The molecule has 0 atom stereocenters. The molecule has 110 valence electrons. The van der Waals surface area contributed by atoms with Gasteiger partial charge in [-0.15, -0.1) is 0 Å². The number of benzene rings is 1. The summed E-state index contributed by atoms with van der Waals surface area (Å²) in [5.74, 6) is -0.609. The summed E-state index contributed by atoms with van der Waals surface area (Å²) >= 11 is 5.97. The largest absolute Gasteiger partial charge is 0.491 e. The lowest BCUT2D eigenvalue weighted by Crippen LogP contribution is -2.20. The number of nitrogens with zero attached hydrogens (tertiary/aromatic N) is 4. The van der Waals surface area contributed by atoms with Gasteiger partial charge in [0.15, 0.2) is 0 Å². The van der Waals surface area contributed by atoms with Crippen LogP contribution in [0.1, 0.15) is 11.4 Å². The highest BCUT2D eigenvalue weighted by molar-refractivity contribution is 6.31. The van der Waals surface area contributed by atoms with Gasteiger partial charge in [-0.05, 0) is 34.5 Å². The molecule has 0 unspecified atom stereocenters. The van der Waals surface area contributed by atoms with E-state index in [4.69, 9.17) is 11.6 Å². The zero-order valence-electron chi connectivity index (χ0n) is 11.3. The Labute approximate surface area is 124 Å². The number of amides is 1. The Morgan fingerprint density at radius 2 is 2.19 bits per heavy atom. The first-order valence-electron chi connectivity index (χ1n) is 5.99. The monoisotopic (exact) mass is 309 g/mol. The Morgan fingerprint density at radius 1 is 1.48 bits per heavy atom. The van der Waals surface area contributed by atoms with Crippen molar-refractivity contribution in [1.82, 2.24) is 14.8 Å². The van der Waals surface area contributed by atoms with E-state index in [1.165, 1.54) is 11.6 Å². The molecule has 1 N–H and O–H groups in total. The van der Waals surface area contributed by atoms with Gasteiger partial charge in [-0.2, -0.15) is 4.68 Å². The van der Waals surface area contributed by atoms with Crippen LogP contribution >= 0.6 is 11.6 Å². The maximum Gasteiger partial charge on any atom is 0.491 e. The Morgan fingerprint density at radius 3 is 2.81 bits per heavy atom. The van der Waals surface area contributed by atoms with Gasteiger partial charge in [0, 0.05) is 22.7 Å². The van der Waals surface area contributed by atoms with Gasteiger partial charge < -0.3 is 15.4 Å². The highest BCUT2D eigenvalue weighted by Gasteiger charge is 2.20. The van der Waals surface area contributed by atoms with Gasteiger partial charge in [-0.3, -0.25) is 4.79 Å². The molecule has 0 fully saturated rings. The average Bonchev–Trinajstić information content (AvgIpc) is 2.77. The van der Waals surface area contributed by atoms with Crippen molar-refractivity contribution >= 4 is 29.1 Å². The Balaban J connectivity index is 2.12. The van der Waals surface area contributed by atoms with Gasteiger partial charge in [0.2, 0.25) is 11.7 Å². The maximum absolute atomic E-state index is 12.0. The zero-order chi connectivity index (χ0) is 15.6. The quantitative estimate of drug-likeness (QED) is 0.688. The molecule has 0 saturated heterocycles. The van der Waals surface area contributed by atoms with Crippen LogP contribution in [0, 0.1) is 24.0 Å². The number of carbonyl (C=O) groups excluding carboxylic acids is 1. The molecule has 1 aromatic carbocycles. The van der Waals surface area contributed by atoms with E-state index in [0.29, 0.717) is 16.5 Å². The van der Waals surface area contributed by atoms with Gasteiger partial charge in [-0.25, -0.2) is 0 Å². The summed E-state index contributed by atoms with van der Waals surface area (Å²) in [6, 6.07) is 5.16. The van der Waals surface area contributed by atoms with E-state index in [-0.39, 0.29) is 12.5 Å². The van der Waals surface area contributed by atoms with Gasteiger partial charge in [0.05, 0.1) is 0 Å². The molecule has 1 heterocycles. The third-order valence-electron chi connectivity index (χ3n) is 2.84. The van der Waals surface area contributed by atoms with Crippen molar-refractivity contribution in [2.75, 3.05) is 5.32 Å². The molecule has 0 saturated carbocycles. The van der Waals surface area contributed by atoms with Crippen molar-refractivity contribution in [1.29, 1.82) is 0 Å². The summed E-state index contributed by atoms with van der Waals surface area (Å²) in [4.78, 5) is 25.5. The van der Waals surface area contributed by atoms with E-state index in [2.05, 4.69) is 15.4 Å². The summed E-state index contributed by atoms with van der Waals surface area (Å²) in [5, 5.41) is 17.5. The van der Waals surface area contributed by atoms with Gasteiger partial charge in [0.1, 0.15) is 6.54 Å². The lowest BCUT2D eigenvalue weighted by molar-refractivity contribution is -0.394. The van der Waals surface area contributed by atoms with E-state index in [1.807, 2.05) is 0 Å². The molecule has 21 heavy (non-hydrogen) atoms. The standard InChI is InChI=1S/C12H12ClN5O3/c1-7-9(13)4-3-5-10(7)15-11(19)6-17-8(2)14-12(16-17)18(20)21/h3-5H,6H2,1-2H3,(H,15,19).